The van der Waals surface area contributed by atoms with Crippen LogP contribution in [0.1, 0.15) is 34.1 Å². The maximum Gasteiger partial charge on any atom is 0.253 e. The number of hydrogen-bond donors (Lipinski definition) is 2. The number of aromatic nitrogens is 1. The third kappa shape index (κ3) is 6.18. The van der Waals surface area contributed by atoms with E-state index < -0.39 is 0 Å². The number of aliphatic imine (C=N–C) groups is 1. The Morgan fingerprint density at radius 3 is 2.42 bits per heavy atom. The fourth-order valence-corrected chi connectivity index (χ4v) is 2.91. The van der Waals surface area contributed by atoms with E-state index in [0.29, 0.717) is 30.5 Å². The monoisotopic (exact) mass is 419 g/mol. The molecule has 7 nitrogen and oxygen atoms in total. The van der Waals surface area contributed by atoms with E-state index in [2.05, 4.69) is 20.6 Å². The second-order valence-corrected chi connectivity index (χ2v) is 7.46. The highest BCUT2D eigenvalue weighted by molar-refractivity contribution is 5.93. The molecule has 0 aliphatic heterocycles. The molecule has 0 saturated carbocycles. The topological polar surface area (TPSA) is 82.8 Å². The van der Waals surface area contributed by atoms with E-state index in [1.54, 1.807) is 25.3 Å². The Morgan fingerprint density at radius 1 is 1.06 bits per heavy atom. The molecule has 31 heavy (non-hydrogen) atoms. The first-order valence-corrected chi connectivity index (χ1v) is 10.3. The summed E-state index contributed by atoms with van der Waals surface area (Å²) in [6.45, 7) is 5.81. The molecule has 0 fully saturated rings. The number of carbonyl (C=O) groups is 1. The zero-order valence-electron chi connectivity index (χ0n) is 18.5. The summed E-state index contributed by atoms with van der Waals surface area (Å²) in [5, 5.41) is 6.51. The van der Waals surface area contributed by atoms with Gasteiger partial charge >= 0.3 is 0 Å². The van der Waals surface area contributed by atoms with Crippen molar-refractivity contribution < 1.29 is 9.21 Å². The lowest BCUT2D eigenvalue weighted by Gasteiger charge is -2.11. The van der Waals surface area contributed by atoms with E-state index in [-0.39, 0.29) is 5.91 Å². The molecule has 2 aromatic carbocycles. The van der Waals surface area contributed by atoms with Crippen molar-refractivity contribution >= 4 is 11.9 Å². The number of guanidine groups is 1. The van der Waals surface area contributed by atoms with Gasteiger partial charge in [-0.15, -0.1) is 0 Å². The first-order chi connectivity index (χ1) is 15.0. The van der Waals surface area contributed by atoms with Crippen LogP contribution in [0.25, 0.3) is 11.5 Å². The van der Waals surface area contributed by atoms with Crippen LogP contribution in [0, 0.1) is 6.92 Å². The molecule has 1 heterocycles. The van der Waals surface area contributed by atoms with E-state index in [0.717, 1.165) is 23.4 Å². The van der Waals surface area contributed by atoms with Crippen LogP contribution in [-0.4, -0.2) is 42.4 Å². The maximum absolute atomic E-state index is 12.0. The van der Waals surface area contributed by atoms with Crippen molar-refractivity contribution in [1.29, 1.82) is 0 Å². The Hall–Kier alpha value is -3.61. The van der Waals surface area contributed by atoms with Gasteiger partial charge in [0.2, 0.25) is 5.89 Å². The molecular weight excluding hydrogens is 390 g/mol. The van der Waals surface area contributed by atoms with Gasteiger partial charge < -0.3 is 20.0 Å². The Morgan fingerprint density at radius 2 is 1.77 bits per heavy atom. The summed E-state index contributed by atoms with van der Waals surface area (Å²) in [5.41, 5.74) is 4.64. The second-order valence-electron chi connectivity index (χ2n) is 7.46. The van der Waals surface area contributed by atoms with Crippen LogP contribution in [0.4, 0.5) is 0 Å². The smallest absolute Gasteiger partial charge is 0.253 e. The molecule has 1 amide bonds. The van der Waals surface area contributed by atoms with E-state index in [1.165, 1.54) is 5.56 Å². The number of hydrogen-bond acceptors (Lipinski definition) is 4. The van der Waals surface area contributed by atoms with Crippen LogP contribution < -0.4 is 10.6 Å². The summed E-state index contributed by atoms with van der Waals surface area (Å²) in [5.74, 6) is 1.28. The van der Waals surface area contributed by atoms with Crippen LogP contribution in [0.2, 0.25) is 0 Å². The third-order valence-electron chi connectivity index (χ3n) is 4.66. The third-order valence-corrected chi connectivity index (χ3v) is 4.66. The molecule has 162 valence electrons. The molecular formula is C24H29N5O2. The highest BCUT2D eigenvalue weighted by atomic mass is 16.3. The van der Waals surface area contributed by atoms with Gasteiger partial charge in [-0.2, -0.15) is 0 Å². The Labute approximate surface area is 183 Å². The number of amides is 1. The van der Waals surface area contributed by atoms with Gasteiger partial charge in [0.25, 0.3) is 5.91 Å². The Kier molecular flexibility index (Phi) is 7.43. The van der Waals surface area contributed by atoms with Crippen LogP contribution in [0.15, 0.2) is 64.2 Å². The summed E-state index contributed by atoms with van der Waals surface area (Å²) in [6, 6.07) is 15.6. The van der Waals surface area contributed by atoms with Gasteiger partial charge in [0, 0.05) is 31.8 Å². The molecule has 0 aliphatic carbocycles. The number of rotatable bonds is 7. The fourth-order valence-electron chi connectivity index (χ4n) is 2.91. The normalized spacial score (nSPS) is 11.3. The van der Waals surface area contributed by atoms with Gasteiger partial charge in [-0.1, -0.05) is 29.8 Å². The summed E-state index contributed by atoms with van der Waals surface area (Å²) in [6.07, 6.45) is 1.66. The van der Waals surface area contributed by atoms with Crippen molar-refractivity contribution in [3.8, 4) is 11.5 Å². The minimum Gasteiger partial charge on any atom is -0.444 e. The first-order valence-electron chi connectivity index (χ1n) is 10.3. The molecule has 0 spiro atoms. The first kappa shape index (κ1) is 22.1. The molecule has 3 aromatic rings. The van der Waals surface area contributed by atoms with Gasteiger partial charge in [-0.3, -0.25) is 4.79 Å². The minimum absolute atomic E-state index is 0.0114. The molecule has 2 N–H and O–H groups in total. The quantitative estimate of drug-likeness (QED) is 0.452. The predicted molar refractivity (Wildman–Crippen MR) is 123 cm³/mol. The van der Waals surface area contributed by atoms with Gasteiger partial charge in [0.05, 0.1) is 18.8 Å². The predicted octanol–water partition coefficient (Wildman–Crippen LogP) is 3.61. The van der Waals surface area contributed by atoms with E-state index in [4.69, 9.17) is 4.42 Å². The molecule has 7 heteroatoms. The van der Waals surface area contributed by atoms with Crippen molar-refractivity contribution in [1.82, 2.24) is 20.5 Å². The molecule has 0 radical (unpaired) electrons. The molecule has 3 rings (SSSR count). The summed E-state index contributed by atoms with van der Waals surface area (Å²) < 4.78 is 5.62. The minimum atomic E-state index is -0.0114. The van der Waals surface area contributed by atoms with Crippen LogP contribution in [-0.2, 0) is 13.1 Å². The average Bonchev–Trinajstić information content (AvgIpc) is 3.25. The summed E-state index contributed by atoms with van der Waals surface area (Å²) in [7, 11) is 3.49. The number of oxazole rings is 1. The van der Waals surface area contributed by atoms with Gasteiger partial charge in [0.15, 0.2) is 5.96 Å². The van der Waals surface area contributed by atoms with E-state index in [9.17, 15) is 4.79 Å². The van der Waals surface area contributed by atoms with Gasteiger partial charge in [0.1, 0.15) is 6.26 Å². The molecule has 1 aromatic heterocycles. The Bertz CT molecular complexity index is 1020. The number of nitrogens with zero attached hydrogens (tertiary/aromatic N) is 3. The molecule has 0 unspecified atom stereocenters. The highest BCUT2D eigenvalue weighted by Crippen LogP contribution is 2.19. The summed E-state index contributed by atoms with van der Waals surface area (Å²) >= 11 is 0. The average molecular weight is 420 g/mol. The number of nitrogens with one attached hydrogen (secondary N) is 2. The Balaban J connectivity index is 1.60. The van der Waals surface area contributed by atoms with Crippen LogP contribution in [0.5, 0.6) is 0 Å². The molecule has 0 atom stereocenters. The number of aryl methyl sites for hydroxylation is 1. The van der Waals surface area contributed by atoms with Crippen molar-refractivity contribution in [2.45, 2.75) is 26.9 Å². The lowest BCUT2D eigenvalue weighted by Crippen LogP contribution is -2.36. The standard InChI is InChI=1S/C24H29N5O2/c1-5-25-24(26-14-18-8-12-20(13-9-18)23(30)29(3)4)27-15-21-16-31-22(28-21)19-10-6-17(2)7-11-19/h6-13,16H,5,14-15H2,1-4H3,(H2,25,26,27). The van der Waals surface area contributed by atoms with Crippen LogP contribution >= 0.6 is 0 Å². The second kappa shape index (κ2) is 10.4. The highest BCUT2D eigenvalue weighted by Gasteiger charge is 2.09. The van der Waals surface area contributed by atoms with Crippen molar-refractivity contribution in [2.75, 3.05) is 20.6 Å². The lowest BCUT2D eigenvalue weighted by molar-refractivity contribution is 0.0827. The largest absolute Gasteiger partial charge is 0.444 e. The maximum atomic E-state index is 12.0. The number of carbonyl (C=O) groups excluding carboxylic acids is 1. The lowest BCUT2D eigenvalue weighted by atomic mass is 10.1. The zero-order valence-corrected chi connectivity index (χ0v) is 18.5. The SMILES string of the molecule is CCNC(=NCc1ccc(C(=O)N(C)C)cc1)NCc1coc(-c2ccc(C)cc2)n1. The fraction of sp³-hybridized carbons (Fsp3) is 0.292. The number of benzene rings is 2. The summed E-state index contributed by atoms with van der Waals surface area (Å²) in [4.78, 5) is 22.7. The van der Waals surface area contributed by atoms with E-state index in [1.807, 2.05) is 62.4 Å². The zero-order chi connectivity index (χ0) is 22.2. The van der Waals surface area contributed by atoms with Crippen molar-refractivity contribution in [3.63, 3.8) is 0 Å². The van der Waals surface area contributed by atoms with Crippen molar-refractivity contribution in [2.24, 2.45) is 4.99 Å². The van der Waals surface area contributed by atoms with Crippen LogP contribution in [0.3, 0.4) is 0 Å². The van der Waals surface area contributed by atoms with Gasteiger partial charge in [-0.25, -0.2) is 9.98 Å². The van der Waals surface area contributed by atoms with Gasteiger partial charge in [-0.05, 0) is 43.7 Å². The van der Waals surface area contributed by atoms with Crippen molar-refractivity contribution in [3.05, 3.63) is 77.2 Å². The molecule has 0 saturated heterocycles. The molecule has 0 aliphatic rings. The molecule has 0 bridgehead atoms. The van der Waals surface area contributed by atoms with E-state index >= 15 is 0 Å².